The van der Waals surface area contributed by atoms with Crippen LogP contribution in [0.3, 0.4) is 0 Å². The molecule has 5 fully saturated rings. The molecule has 6 rings (SSSR count). The molecule has 16 heteroatoms. The monoisotopic (exact) mass is 696 g/mol. The maximum absolute atomic E-state index is 13.8. The lowest BCUT2D eigenvalue weighted by Crippen LogP contribution is -2.79. The predicted molar refractivity (Wildman–Crippen MR) is 159 cm³/mol. The number of carboxylic acid groups (broad SMARTS) is 1. The Balaban J connectivity index is 1.46. The number of aliphatic hydroxyl groups excluding tert-OH is 6. The van der Waals surface area contributed by atoms with Gasteiger partial charge in [-0.1, -0.05) is 33.3 Å². The van der Waals surface area contributed by atoms with Gasteiger partial charge in [0.2, 0.25) is 18.0 Å². The van der Waals surface area contributed by atoms with Crippen molar-refractivity contribution in [2.24, 2.45) is 40.4 Å². The zero-order chi connectivity index (χ0) is 36.1. The maximum atomic E-state index is 13.8. The number of allylic oxidation sites excluding steroid dienone is 3. The number of ether oxygens (including phenoxy) is 5. The highest BCUT2D eigenvalue weighted by Crippen LogP contribution is 2.72. The first-order chi connectivity index (χ1) is 22.9. The molecule has 3 saturated heterocycles. The van der Waals surface area contributed by atoms with Crippen molar-refractivity contribution in [3.63, 3.8) is 0 Å². The van der Waals surface area contributed by atoms with Crippen LogP contribution in [0.15, 0.2) is 23.5 Å². The molecule has 0 amide bonds. The number of carboxylic acids is 1. The van der Waals surface area contributed by atoms with Gasteiger partial charge in [-0.25, -0.2) is 14.4 Å². The fourth-order valence-corrected chi connectivity index (χ4v) is 9.54. The van der Waals surface area contributed by atoms with Gasteiger partial charge < -0.3 is 59.4 Å². The molecule has 3 aliphatic heterocycles. The molecular weight excluding hydrogens is 652 g/mol. The fraction of sp³-hybridized carbons (Fsp3) is 0.758. The van der Waals surface area contributed by atoms with Crippen LogP contribution >= 0.6 is 0 Å². The molecule has 7 N–H and O–H groups in total. The van der Waals surface area contributed by atoms with Crippen molar-refractivity contribution in [1.29, 1.82) is 0 Å². The maximum Gasteiger partial charge on any atom is 0.348 e. The number of fused-ring (bicyclic) bond motifs is 2. The van der Waals surface area contributed by atoms with Crippen LogP contribution in [0, 0.1) is 40.4 Å². The lowest BCUT2D eigenvalue weighted by Gasteiger charge is -2.67. The molecular formula is C33H44O16. The Morgan fingerprint density at radius 3 is 2.35 bits per heavy atom. The van der Waals surface area contributed by atoms with Crippen molar-refractivity contribution < 1.29 is 78.6 Å². The molecule has 2 saturated carbocycles. The number of aliphatic carboxylic acids is 1. The standard InChI is InChI=1S/C33H44O16/c1-11(2)12(3)6-18(35)49-24-26-32-10-45-33(26,30(43)44)27(41)23(40)25(32)31(5)8-15(19(36)13(4)14(31)7-17(32)48-28(24)42)46-29-22(39)21(38)20(37)16(9-34)47-29/h6,8,11,13-14,16-17,20-27,29,34,37-41H,7,9-10H2,1-5H3,(H,43,44)/b12-6+/t13-,14-,16?,17+,20?,21?,22?,23+,24?,25+,26+,27-,29?,31-,32+,33+/m0/s1. The van der Waals surface area contributed by atoms with Gasteiger partial charge in [0.1, 0.15) is 36.6 Å². The highest BCUT2D eigenvalue weighted by molar-refractivity contribution is 5.97. The first-order valence-electron chi connectivity index (χ1n) is 16.4. The zero-order valence-electron chi connectivity index (χ0n) is 27.7. The minimum Gasteiger partial charge on any atom is -0.479 e. The molecule has 6 unspecified atom stereocenters. The van der Waals surface area contributed by atoms with Crippen molar-refractivity contribution in [1.82, 2.24) is 0 Å². The van der Waals surface area contributed by atoms with Gasteiger partial charge in [-0.05, 0) is 36.7 Å². The van der Waals surface area contributed by atoms with Crippen molar-refractivity contribution in [3.05, 3.63) is 23.5 Å². The number of rotatable bonds is 7. The lowest BCUT2D eigenvalue weighted by atomic mass is 9.38. The Labute approximate surface area is 281 Å². The van der Waals surface area contributed by atoms with Crippen molar-refractivity contribution in [3.8, 4) is 0 Å². The van der Waals surface area contributed by atoms with Crippen LogP contribution in [-0.2, 0) is 42.9 Å². The average molecular weight is 697 g/mol. The zero-order valence-corrected chi connectivity index (χ0v) is 27.7. The number of carbonyl (C=O) groups is 4. The minimum atomic E-state index is -2.58. The van der Waals surface area contributed by atoms with E-state index in [1.54, 1.807) is 20.8 Å². The van der Waals surface area contributed by atoms with Gasteiger partial charge in [0.25, 0.3) is 0 Å². The first kappa shape index (κ1) is 35.9. The second-order valence-electron chi connectivity index (χ2n) is 14.9. The lowest BCUT2D eigenvalue weighted by molar-refractivity contribution is -0.296. The summed E-state index contributed by atoms with van der Waals surface area (Å²) in [5.74, 6) is -8.89. The van der Waals surface area contributed by atoms with E-state index in [-0.39, 0.29) is 18.1 Å². The van der Waals surface area contributed by atoms with Gasteiger partial charge >= 0.3 is 17.9 Å². The van der Waals surface area contributed by atoms with E-state index in [9.17, 15) is 54.9 Å². The Morgan fingerprint density at radius 2 is 1.73 bits per heavy atom. The number of carbonyl (C=O) groups excluding carboxylic acids is 3. The summed E-state index contributed by atoms with van der Waals surface area (Å²) in [5, 5.41) is 75.0. The van der Waals surface area contributed by atoms with E-state index >= 15 is 0 Å². The fourth-order valence-electron chi connectivity index (χ4n) is 9.54. The van der Waals surface area contributed by atoms with E-state index in [1.807, 2.05) is 13.8 Å². The Morgan fingerprint density at radius 1 is 1.06 bits per heavy atom. The summed E-state index contributed by atoms with van der Waals surface area (Å²) in [5.41, 5.74) is -4.83. The topological polar surface area (TPSA) is 256 Å². The third-order valence-electron chi connectivity index (χ3n) is 12.2. The van der Waals surface area contributed by atoms with E-state index in [0.717, 1.165) is 0 Å². The first-order valence-corrected chi connectivity index (χ1v) is 16.4. The van der Waals surface area contributed by atoms with Gasteiger partial charge in [0.05, 0.1) is 25.2 Å². The SMILES string of the molecule is C/C(=C\C(=O)OC1C(=O)O[C@@H]2C[C@H]3[C@H](C)C(=O)C(OC4OC(CO)C(O)C(O)C4O)=C[C@]3(C)[C@H]3[C@@H](O)[C@H](O)[C@]4(C(=O)O)OC[C@]32[C@@H]14)C(C)C. The smallest absolute Gasteiger partial charge is 0.348 e. The van der Waals surface area contributed by atoms with Crippen LogP contribution in [0.5, 0.6) is 0 Å². The van der Waals surface area contributed by atoms with E-state index in [1.165, 1.54) is 12.2 Å². The largest absolute Gasteiger partial charge is 0.479 e. The summed E-state index contributed by atoms with van der Waals surface area (Å²) in [6.07, 6.45) is -12.7. The number of hydrogen-bond acceptors (Lipinski definition) is 15. The third kappa shape index (κ3) is 4.86. The van der Waals surface area contributed by atoms with E-state index < -0.39 is 132 Å². The number of Topliss-reactive ketones (excluding diaryl/α,β-unsaturated/α-hetero) is 1. The predicted octanol–water partition coefficient (Wildman–Crippen LogP) is -1.82. The van der Waals surface area contributed by atoms with Crippen LogP contribution in [0.2, 0.25) is 0 Å². The second-order valence-corrected chi connectivity index (χ2v) is 14.9. The molecule has 0 radical (unpaired) electrons. The molecule has 3 aliphatic carbocycles. The summed E-state index contributed by atoms with van der Waals surface area (Å²) in [6, 6.07) is 0. The molecule has 3 heterocycles. The minimum absolute atomic E-state index is 0.000867. The summed E-state index contributed by atoms with van der Waals surface area (Å²) in [4.78, 5) is 53.6. The normalized spacial score (nSPS) is 49.0. The molecule has 16 nitrogen and oxygen atoms in total. The number of aliphatic hydroxyl groups is 6. The Hall–Kier alpha value is -2.96. The number of ketones is 1. The van der Waals surface area contributed by atoms with E-state index in [4.69, 9.17) is 23.7 Å². The van der Waals surface area contributed by atoms with Crippen LogP contribution < -0.4 is 0 Å². The van der Waals surface area contributed by atoms with Gasteiger partial charge in [-0.15, -0.1) is 0 Å². The second kappa shape index (κ2) is 12.1. The molecule has 6 aliphatic rings. The number of esters is 2. The Bertz CT molecular complexity index is 1470. The van der Waals surface area contributed by atoms with Gasteiger partial charge in [-0.3, -0.25) is 4.79 Å². The molecule has 1 spiro atoms. The molecule has 0 aromatic carbocycles. The molecule has 272 valence electrons. The average Bonchev–Trinajstić information content (AvgIpc) is 3.35. The van der Waals surface area contributed by atoms with Gasteiger partial charge in [0, 0.05) is 23.3 Å². The summed E-state index contributed by atoms with van der Waals surface area (Å²) in [6.45, 7) is 7.47. The Kier molecular flexibility index (Phi) is 8.84. The third-order valence-corrected chi connectivity index (χ3v) is 12.2. The molecule has 49 heavy (non-hydrogen) atoms. The van der Waals surface area contributed by atoms with E-state index in [2.05, 4.69) is 0 Å². The molecule has 16 atom stereocenters. The van der Waals surface area contributed by atoms with Gasteiger partial charge in [0.15, 0.2) is 11.5 Å². The molecule has 0 aromatic heterocycles. The summed E-state index contributed by atoms with van der Waals surface area (Å²) < 4.78 is 28.8. The van der Waals surface area contributed by atoms with Crippen LogP contribution in [0.25, 0.3) is 0 Å². The number of hydrogen-bond donors (Lipinski definition) is 7. The summed E-state index contributed by atoms with van der Waals surface area (Å²) >= 11 is 0. The molecule has 2 bridgehead atoms. The molecule has 0 aromatic rings. The highest BCUT2D eigenvalue weighted by atomic mass is 16.7. The summed E-state index contributed by atoms with van der Waals surface area (Å²) in [7, 11) is 0. The quantitative estimate of drug-likeness (QED) is 0.114. The van der Waals surface area contributed by atoms with Crippen LogP contribution in [-0.4, -0.2) is 133 Å². The van der Waals surface area contributed by atoms with Crippen molar-refractivity contribution >= 4 is 23.7 Å². The van der Waals surface area contributed by atoms with Gasteiger partial charge in [-0.2, -0.15) is 0 Å². The van der Waals surface area contributed by atoms with E-state index in [0.29, 0.717) is 5.57 Å². The van der Waals surface area contributed by atoms with Crippen LogP contribution in [0.4, 0.5) is 0 Å². The van der Waals surface area contributed by atoms with Crippen molar-refractivity contribution in [2.45, 2.75) is 102 Å². The van der Waals surface area contributed by atoms with Crippen LogP contribution in [0.1, 0.15) is 41.0 Å². The highest BCUT2D eigenvalue weighted by Gasteiger charge is 2.85. The van der Waals surface area contributed by atoms with Crippen molar-refractivity contribution in [2.75, 3.05) is 13.2 Å².